The van der Waals surface area contributed by atoms with Gasteiger partial charge >= 0.3 is 5.97 Å². The number of rotatable bonds is 7. The lowest BCUT2D eigenvalue weighted by Gasteiger charge is -2.19. The number of benzene rings is 2. The second-order valence-corrected chi connectivity index (χ2v) is 7.01. The van der Waals surface area contributed by atoms with Gasteiger partial charge in [0, 0.05) is 18.0 Å². The quantitative estimate of drug-likeness (QED) is 0.676. The maximum absolute atomic E-state index is 12.4. The largest absolute Gasteiger partial charge is 0.495 e. The minimum absolute atomic E-state index is 0.000612. The highest BCUT2D eigenvalue weighted by atomic mass is 35.5. The van der Waals surface area contributed by atoms with E-state index in [2.05, 4.69) is 5.32 Å². The summed E-state index contributed by atoms with van der Waals surface area (Å²) in [5.41, 5.74) is 0.954. The molecule has 1 N–H and O–H groups in total. The molecule has 2 aromatic rings. The van der Waals surface area contributed by atoms with Crippen LogP contribution in [0.4, 0.5) is 11.4 Å². The standard InChI is InChI=1S/C21H21ClN2O6/c1-28-17-8-7-14(22)10-15(17)23-19(25)12-30-21(27)13-9-20(26)24(11-13)16-5-3-4-6-18(16)29-2/h3-8,10,13H,9,11-12H2,1-2H3,(H,23,25)/t13-/m0/s1. The number of methoxy groups -OCH3 is 2. The van der Waals surface area contributed by atoms with Crippen molar-refractivity contribution in [3.63, 3.8) is 0 Å². The molecule has 30 heavy (non-hydrogen) atoms. The van der Waals surface area contributed by atoms with Gasteiger partial charge in [-0.15, -0.1) is 0 Å². The highest BCUT2D eigenvalue weighted by Crippen LogP contribution is 2.33. The van der Waals surface area contributed by atoms with Crippen molar-refractivity contribution in [2.45, 2.75) is 6.42 Å². The number of ether oxygens (including phenoxy) is 3. The number of amides is 2. The molecule has 158 valence electrons. The molecule has 2 amide bonds. The number of carbonyl (C=O) groups is 3. The third-order valence-corrected chi connectivity index (χ3v) is 4.85. The summed E-state index contributed by atoms with van der Waals surface area (Å²) in [6.07, 6.45) is 0.000612. The third kappa shape index (κ3) is 4.83. The molecule has 9 heteroatoms. The third-order valence-electron chi connectivity index (χ3n) is 4.62. The van der Waals surface area contributed by atoms with Crippen LogP contribution in [0.3, 0.4) is 0 Å². The Morgan fingerprint density at radius 1 is 1.13 bits per heavy atom. The van der Waals surface area contributed by atoms with Crippen molar-refractivity contribution in [1.29, 1.82) is 0 Å². The lowest BCUT2D eigenvalue weighted by molar-refractivity contribution is -0.151. The molecule has 0 radical (unpaired) electrons. The Morgan fingerprint density at radius 2 is 1.87 bits per heavy atom. The van der Waals surface area contributed by atoms with Gasteiger partial charge in [0.1, 0.15) is 11.5 Å². The first-order valence-corrected chi connectivity index (χ1v) is 9.54. The highest BCUT2D eigenvalue weighted by molar-refractivity contribution is 6.31. The monoisotopic (exact) mass is 432 g/mol. The van der Waals surface area contributed by atoms with Gasteiger partial charge in [-0.05, 0) is 30.3 Å². The molecule has 0 aromatic heterocycles. The zero-order valence-corrected chi connectivity index (χ0v) is 17.3. The van der Waals surface area contributed by atoms with Crippen molar-refractivity contribution < 1.29 is 28.6 Å². The van der Waals surface area contributed by atoms with Crippen LogP contribution in [0.1, 0.15) is 6.42 Å². The number of nitrogens with zero attached hydrogens (tertiary/aromatic N) is 1. The van der Waals surface area contributed by atoms with Gasteiger partial charge in [0.15, 0.2) is 6.61 Å². The molecule has 0 spiro atoms. The summed E-state index contributed by atoms with van der Waals surface area (Å²) in [6.45, 7) is -0.338. The van der Waals surface area contributed by atoms with Gasteiger partial charge in [-0.25, -0.2) is 0 Å². The maximum atomic E-state index is 12.4. The molecule has 0 bridgehead atoms. The van der Waals surface area contributed by atoms with E-state index in [9.17, 15) is 14.4 Å². The molecule has 2 aromatic carbocycles. The van der Waals surface area contributed by atoms with E-state index in [1.54, 1.807) is 36.4 Å². The second-order valence-electron chi connectivity index (χ2n) is 6.58. The molecule has 0 saturated carbocycles. The van der Waals surface area contributed by atoms with Crippen molar-refractivity contribution >= 4 is 40.8 Å². The predicted octanol–water partition coefficient (Wildman–Crippen LogP) is 2.89. The van der Waals surface area contributed by atoms with Crippen LogP contribution < -0.4 is 19.7 Å². The topological polar surface area (TPSA) is 94.2 Å². The van der Waals surface area contributed by atoms with E-state index >= 15 is 0 Å². The Bertz CT molecular complexity index is 964. The Kier molecular flexibility index (Phi) is 6.79. The van der Waals surface area contributed by atoms with Gasteiger partial charge in [-0.3, -0.25) is 14.4 Å². The number of anilines is 2. The van der Waals surface area contributed by atoms with E-state index in [4.69, 9.17) is 25.8 Å². The van der Waals surface area contributed by atoms with Gasteiger partial charge < -0.3 is 24.4 Å². The van der Waals surface area contributed by atoms with Gasteiger partial charge in [0.05, 0.1) is 31.5 Å². The van der Waals surface area contributed by atoms with Crippen LogP contribution in [0.2, 0.25) is 5.02 Å². The molecule has 8 nitrogen and oxygen atoms in total. The van der Waals surface area contributed by atoms with E-state index in [-0.39, 0.29) is 18.9 Å². The molecule has 0 aliphatic carbocycles. The Morgan fingerprint density at radius 3 is 2.60 bits per heavy atom. The lowest BCUT2D eigenvalue weighted by Crippen LogP contribution is -2.28. The molecule has 1 heterocycles. The Balaban J connectivity index is 1.57. The first-order valence-electron chi connectivity index (χ1n) is 9.16. The number of hydrogen-bond acceptors (Lipinski definition) is 6. The van der Waals surface area contributed by atoms with Crippen molar-refractivity contribution in [3.05, 3.63) is 47.5 Å². The SMILES string of the molecule is COc1ccc(Cl)cc1NC(=O)COC(=O)[C@H]1CC(=O)N(c2ccccc2OC)C1. The zero-order valence-electron chi connectivity index (χ0n) is 16.5. The van der Waals surface area contributed by atoms with Crippen LogP contribution in [0, 0.1) is 5.92 Å². The van der Waals surface area contributed by atoms with Crippen LogP contribution in [-0.4, -0.2) is 45.2 Å². The van der Waals surface area contributed by atoms with E-state index in [0.29, 0.717) is 27.9 Å². The maximum Gasteiger partial charge on any atom is 0.311 e. The fourth-order valence-corrected chi connectivity index (χ4v) is 3.34. The van der Waals surface area contributed by atoms with Crippen molar-refractivity contribution in [3.8, 4) is 11.5 Å². The molecular weight excluding hydrogens is 412 g/mol. The summed E-state index contributed by atoms with van der Waals surface area (Å²) in [6, 6.07) is 11.8. The van der Waals surface area contributed by atoms with Crippen LogP contribution in [0.25, 0.3) is 0 Å². The molecule has 1 aliphatic rings. The van der Waals surface area contributed by atoms with Gasteiger partial charge in [-0.2, -0.15) is 0 Å². The van der Waals surface area contributed by atoms with E-state index in [0.717, 1.165) is 0 Å². The summed E-state index contributed by atoms with van der Waals surface area (Å²) < 4.78 is 15.6. The van der Waals surface area contributed by atoms with Gasteiger partial charge in [0.2, 0.25) is 5.91 Å². The molecule has 1 fully saturated rings. The smallest absolute Gasteiger partial charge is 0.311 e. The van der Waals surface area contributed by atoms with Gasteiger partial charge in [0.25, 0.3) is 5.91 Å². The Hall–Kier alpha value is -3.26. The minimum Gasteiger partial charge on any atom is -0.495 e. The summed E-state index contributed by atoms with van der Waals surface area (Å²) in [7, 11) is 2.97. The van der Waals surface area contributed by atoms with Crippen LogP contribution >= 0.6 is 11.6 Å². The van der Waals surface area contributed by atoms with E-state index in [1.807, 2.05) is 0 Å². The molecule has 1 atom stereocenters. The Labute approximate surface area is 178 Å². The van der Waals surface area contributed by atoms with E-state index in [1.165, 1.54) is 25.2 Å². The van der Waals surface area contributed by atoms with Crippen LogP contribution in [0.5, 0.6) is 11.5 Å². The number of halogens is 1. The first-order chi connectivity index (χ1) is 14.4. The average molecular weight is 433 g/mol. The number of esters is 1. The number of para-hydroxylation sites is 2. The number of nitrogens with one attached hydrogen (secondary N) is 1. The fourth-order valence-electron chi connectivity index (χ4n) is 3.17. The fraction of sp³-hybridized carbons (Fsp3) is 0.286. The van der Waals surface area contributed by atoms with Crippen molar-refractivity contribution in [2.24, 2.45) is 5.92 Å². The molecule has 0 unspecified atom stereocenters. The highest BCUT2D eigenvalue weighted by Gasteiger charge is 2.37. The van der Waals surface area contributed by atoms with Gasteiger partial charge in [-0.1, -0.05) is 23.7 Å². The average Bonchev–Trinajstić information content (AvgIpc) is 3.13. The van der Waals surface area contributed by atoms with E-state index < -0.39 is 24.4 Å². The molecule has 3 rings (SSSR count). The lowest BCUT2D eigenvalue weighted by atomic mass is 10.1. The summed E-state index contributed by atoms with van der Waals surface area (Å²) in [5, 5.41) is 3.01. The zero-order chi connectivity index (χ0) is 21.7. The minimum atomic E-state index is -0.670. The summed E-state index contributed by atoms with van der Waals surface area (Å²) >= 11 is 5.93. The second kappa shape index (κ2) is 9.49. The normalized spacial score (nSPS) is 15.6. The van der Waals surface area contributed by atoms with Crippen LogP contribution in [0.15, 0.2) is 42.5 Å². The molecule has 1 saturated heterocycles. The van der Waals surface area contributed by atoms with Crippen molar-refractivity contribution in [2.75, 3.05) is 37.6 Å². The molecular formula is C21H21ClN2O6. The van der Waals surface area contributed by atoms with Crippen LogP contribution in [-0.2, 0) is 19.1 Å². The number of hydrogen-bond donors (Lipinski definition) is 1. The first kappa shape index (κ1) is 21.4. The summed E-state index contributed by atoms with van der Waals surface area (Å²) in [5.74, 6) is -1.09. The molecule has 1 aliphatic heterocycles. The summed E-state index contributed by atoms with van der Waals surface area (Å²) in [4.78, 5) is 38.4. The van der Waals surface area contributed by atoms with Crippen molar-refractivity contribution in [1.82, 2.24) is 0 Å². The predicted molar refractivity (Wildman–Crippen MR) is 111 cm³/mol. The number of carbonyl (C=O) groups excluding carboxylic acids is 3.